The molecule has 1 heterocycles. The lowest BCUT2D eigenvalue weighted by molar-refractivity contribution is -0.278. The van der Waals surface area contributed by atoms with Crippen molar-refractivity contribution in [1.82, 2.24) is 4.90 Å². The molecule has 15 heavy (non-hydrogen) atoms. The summed E-state index contributed by atoms with van der Waals surface area (Å²) in [7, 11) is 1.64. The van der Waals surface area contributed by atoms with Crippen LogP contribution in [0.3, 0.4) is 0 Å². The van der Waals surface area contributed by atoms with Crippen molar-refractivity contribution in [3.63, 3.8) is 0 Å². The van der Waals surface area contributed by atoms with Crippen LogP contribution in [0, 0.1) is 5.92 Å². The largest absolute Gasteiger partial charge is 0.418 e. The fraction of sp³-hybridized carbons (Fsp3) is 1.00. The lowest BCUT2D eigenvalue weighted by Crippen LogP contribution is -2.58. The molecule has 1 aliphatic carbocycles. The number of alkyl halides is 3. The number of nitrogens with zero attached hydrogens (tertiary/aromatic N) is 1. The van der Waals surface area contributed by atoms with E-state index >= 15 is 0 Å². The van der Waals surface area contributed by atoms with Gasteiger partial charge in [0.25, 0.3) is 0 Å². The zero-order valence-electron chi connectivity index (χ0n) is 9.30. The minimum atomic E-state index is -4.49. The third kappa shape index (κ3) is 1.87. The fourth-order valence-corrected chi connectivity index (χ4v) is 2.69. The van der Waals surface area contributed by atoms with Crippen LogP contribution in [-0.4, -0.2) is 41.4 Å². The van der Waals surface area contributed by atoms with Crippen molar-refractivity contribution in [2.24, 2.45) is 5.92 Å². The average molecular weight is 225 g/mol. The second kappa shape index (κ2) is 3.94. The predicted octanol–water partition coefficient (Wildman–Crippen LogP) is 2.03. The van der Waals surface area contributed by atoms with Gasteiger partial charge in [-0.1, -0.05) is 13.8 Å². The highest BCUT2D eigenvalue weighted by Crippen LogP contribution is 2.51. The minimum Gasteiger partial charge on any atom is -0.379 e. The summed E-state index contributed by atoms with van der Waals surface area (Å²) in [5, 5.41) is 9.52. The molecule has 3 atom stereocenters. The van der Waals surface area contributed by atoms with Crippen LogP contribution in [0.15, 0.2) is 0 Å². The monoisotopic (exact) mass is 225 g/mol. The number of fused-ring (bicyclic) bond motifs is 2. The van der Waals surface area contributed by atoms with Gasteiger partial charge in [-0.25, -0.2) is 0 Å². The summed E-state index contributed by atoms with van der Waals surface area (Å²) in [6.07, 6.45) is -4.13. The first-order valence-corrected chi connectivity index (χ1v) is 5.34. The zero-order chi connectivity index (χ0) is 11.9. The molecule has 1 saturated carbocycles. The molecule has 0 spiro atoms. The molecule has 1 aliphatic heterocycles. The standard InChI is InChI=1S/C8H12F3NO.C2H6/c1-12-4-5-2-6(12)7(13,3-5)8(9,10)11;1-2/h5-6,13H,2-4H2,1H3;1-2H3. The van der Waals surface area contributed by atoms with Gasteiger partial charge in [-0.3, -0.25) is 4.90 Å². The van der Waals surface area contributed by atoms with E-state index in [4.69, 9.17) is 0 Å². The van der Waals surface area contributed by atoms with E-state index in [-0.39, 0.29) is 12.3 Å². The van der Waals surface area contributed by atoms with Crippen LogP contribution >= 0.6 is 0 Å². The molecule has 0 aromatic rings. The number of aliphatic hydroxyl groups is 1. The Morgan fingerprint density at radius 2 is 1.87 bits per heavy atom. The van der Waals surface area contributed by atoms with Gasteiger partial charge in [0.2, 0.25) is 0 Å². The predicted molar refractivity (Wildman–Crippen MR) is 51.5 cm³/mol. The summed E-state index contributed by atoms with van der Waals surface area (Å²) in [5.41, 5.74) is -2.45. The van der Waals surface area contributed by atoms with Crippen molar-refractivity contribution in [2.75, 3.05) is 13.6 Å². The van der Waals surface area contributed by atoms with E-state index in [2.05, 4.69) is 0 Å². The van der Waals surface area contributed by atoms with Crippen molar-refractivity contribution < 1.29 is 18.3 Å². The molecule has 0 amide bonds. The van der Waals surface area contributed by atoms with Gasteiger partial charge in [0.1, 0.15) is 0 Å². The number of hydrogen-bond acceptors (Lipinski definition) is 2. The van der Waals surface area contributed by atoms with Crippen LogP contribution in [0.1, 0.15) is 26.7 Å². The Morgan fingerprint density at radius 1 is 1.33 bits per heavy atom. The van der Waals surface area contributed by atoms with Gasteiger partial charge in [-0.05, 0) is 25.8 Å². The molecule has 2 aliphatic rings. The first-order valence-electron chi connectivity index (χ1n) is 5.34. The second-order valence-electron chi connectivity index (χ2n) is 4.18. The molecule has 0 radical (unpaired) electrons. The molecule has 0 aromatic heterocycles. The summed E-state index contributed by atoms with van der Waals surface area (Å²) in [6.45, 7) is 4.68. The van der Waals surface area contributed by atoms with Gasteiger partial charge in [0.15, 0.2) is 5.60 Å². The molecule has 0 aromatic carbocycles. The highest BCUT2D eigenvalue weighted by molar-refractivity contribution is 5.10. The number of piperidine rings is 1. The Bertz CT molecular complexity index is 231. The molecule has 90 valence electrons. The van der Waals surface area contributed by atoms with Crippen molar-refractivity contribution in [3.05, 3.63) is 0 Å². The average Bonchev–Trinajstić information content (AvgIpc) is 2.62. The van der Waals surface area contributed by atoms with E-state index in [9.17, 15) is 18.3 Å². The maximum Gasteiger partial charge on any atom is 0.418 e. The summed E-state index contributed by atoms with van der Waals surface area (Å²) in [4.78, 5) is 1.61. The molecule has 5 heteroatoms. The summed E-state index contributed by atoms with van der Waals surface area (Å²) in [6, 6.07) is -0.725. The third-order valence-corrected chi connectivity index (χ3v) is 3.28. The Hall–Kier alpha value is -0.290. The van der Waals surface area contributed by atoms with E-state index in [0.29, 0.717) is 13.0 Å². The smallest absolute Gasteiger partial charge is 0.379 e. The minimum absolute atomic E-state index is 0.0154. The van der Waals surface area contributed by atoms with Crippen LogP contribution < -0.4 is 0 Å². The topological polar surface area (TPSA) is 23.5 Å². The van der Waals surface area contributed by atoms with Gasteiger partial charge in [0.05, 0.1) is 0 Å². The molecule has 2 fully saturated rings. The SMILES string of the molecule is CC.CN1CC2CC1C(O)(C(F)(F)F)C2. The molecule has 3 unspecified atom stereocenters. The molecule has 1 N–H and O–H groups in total. The van der Waals surface area contributed by atoms with E-state index < -0.39 is 17.8 Å². The van der Waals surface area contributed by atoms with E-state index in [1.165, 1.54) is 0 Å². The van der Waals surface area contributed by atoms with Crippen molar-refractivity contribution in [2.45, 2.75) is 44.5 Å². The lowest BCUT2D eigenvalue weighted by Gasteiger charge is -2.39. The molecule has 2 bridgehead atoms. The Morgan fingerprint density at radius 3 is 2.13 bits per heavy atom. The highest BCUT2D eigenvalue weighted by atomic mass is 19.4. The summed E-state index contributed by atoms with van der Waals surface area (Å²) in [5.74, 6) is 0.0154. The van der Waals surface area contributed by atoms with Crippen molar-refractivity contribution >= 4 is 0 Å². The molecule has 2 rings (SSSR count). The van der Waals surface area contributed by atoms with Crippen LogP contribution in [0.4, 0.5) is 13.2 Å². The van der Waals surface area contributed by atoms with E-state index in [0.717, 1.165) is 0 Å². The number of rotatable bonds is 0. The normalized spacial score (nSPS) is 40.2. The van der Waals surface area contributed by atoms with E-state index in [1.807, 2.05) is 13.8 Å². The number of likely N-dealkylation sites (tertiary alicyclic amines) is 1. The first kappa shape index (κ1) is 12.8. The lowest BCUT2D eigenvalue weighted by atomic mass is 9.92. The second-order valence-corrected chi connectivity index (χ2v) is 4.18. The Kier molecular flexibility index (Phi) is 3.36. The maximum atomic E-state index is 12.5. The van der Waals surface area contributed by atoms with Gasteiger partial charge in [-0.15, -0.1) is 0 Å². The summed E-state index contributed by atoms with van der Waals surface area (Å²) >= 11 is 0. The zero-order valence-corrected chi connectivity index (χ0v) is 9.30. The van der Waals surface area contributed by atoms with Crippen molar-refractivity contribution in [1.29, 1.82) is 0 Å². The van der Waals surface area contributed by atoms with E-state index in [1.54, 1.807) is 11.9 Å². The quantitative estimate of drug-likeness (QED) is 0.682. The number of hydrogen-bond donors (Lipinski definition) is 1. The molecular formula is C10H18F3NO. The van der Waals surface area contributed by atoms with Gasteiger partial charge >= 0.3 is 6.18 Å². The van der Waals surface area contributed by atoms with Gasteiger partial charge in [-0.2, -0.15) is 13.2 Å². The molecule has 1 saturated heterocycles. The van der Waals surface area contributed by atoms with Crippen LogP contribution in [-0.2, 0) is 0 Å². The van der Waals surface area contributed by atoms with Crippen LogP contribution in [0.2, 0.25) is 0 Å². The number of halogens is 3. The van der Waals surface area contributed by atoms with Crippen LogP contribution in [0.25, 0.3) is 0 Å². The van der Waals surface area contributed by atoms with Crippen LogP contribution in [0.5, 0.6) is 0 Å². The Balaban J connectivity index is 0.000000531. The van der Waals surface area contributed by atoms with Crippen molar-refractivity contribution in [3.8, 4) is 0 Å². The Labute approximate surface area is 88.1 Å². The first-order chi connectivity index (χ1) is 6.84. The maximum absolute atomic E-state index is 12.5. The summed E-state index contributed by atoms with van der Waals surface area (Å²) < 4.78 is 37.5. The van der Waals surface area contributed by atoms with Gasteiger partial charge in [0, 0.05) is 12.6 Å². The molecule has 2 nitrogen and oxygen atoms in total. The molecular weight excluding hydrogens is 207 g/mol. The fourth-order valence-electron chi connectivity index (χ4n) is 2.69. The van der Waals surface area contributed by atoms with Gasteiger partial charge < -0.3 is 5.11 Å². The highest BCUT2D eigenvalue weighted by Gasteiger charge is 2.66. The number of likely N-dealkylation sites (N-methyl/N-ethyl adjacent to an activating group) is 1. The third-order valence-electron chi connectivity index (χ3n) is 3.28.